The molecule has 0 rings (SSSR count). The molecule has 0 aliphatic carbocycles. The molecule has 2 amide bonds. The summed E-state index contributed by atoms with van der Waals surface area (Å²) in [5.74, 6) is -0.742. The summed E-state index contributed by atoms with van der Waals surface area (Å²) in [5, 5.41) is 12.6. The molecular formula is C17H34N2O7S. The number of nitrogens with one attached hydrogen (secondary N) is 1. The van der Waals surface area contributed by atoms with Gasteiger partial charge in [-0.1, -0.05) is 28.2 Å². The molecule has 0 aromatic rings. The number of nitrogens with zero attached hydrogens (tertiary/aromatic N) is 1. The molecule has 10 heteroatoms. The average molecular weight is 411 g/mol. The molecule has 0 aromatic heterocycles. The minimum Gasteiger partial charge on any atom is -0.469 e. The van der Waals surface area contributed by atoms with Gasteiger partial charge in [-0.25, -0.2) is 4.79 Å². The Hall–Kier alpha value is -1.52. The molecule has 0 saturated heterocycles. The highest BCUT2D eigenvalue weighted by molar-refractivity contribution is 7.94. The number of hydrogen-bond donors (Lipinski definition) is 2. The van der Waals surface area contributed by atoms with Crippen LogP contribution in [-0.2, 0) is 23.2 Å². The number of aliphatic hydroxyl groups excluding tert-OH is 1. The van der Waals surface area contributed by atoms with Gasteiger partial charge in [0.2, 0.25) is 0 Å². The summed E-state index contributed by atoms with van der Waals surface area (Å²) in [4.78, 5) is 37.1. The van der Waals surface area contributed by atoms with E-state index in [0.29, 0.717) is 5.75 Å². The summed E-state index contributed by atoms with van der Waals surface area (Å²) >= 11 is 1.15. The summed E-state index contributed by atoms with van der Waals surface area (Å²) < 4.78 is 15.1. The van der Waals surface area contributed by atoms with Crippen LogP contribution in [0, 0.1) is 5.92 Å². The van der Waals surface area contributed by atoms with Gasteiger partial charge in [-0.3, -0.25) is 13.8 Å². The van der Waals surface area contributed by atoms with Gasteiger partial charge in [0.1, 0.15) is 6.73 Å². The number of esters is 1. The van der Waals surface area contributed by atoms with Gasteiger partial charge in [-0.15, -0.1) is 0 Å². The quantitative estimate of drug-likeness (QED) is 0.229. The third-order valence-corrected chi connectivity index (χ3v) is 4.12. The molecular weight excluding hydrogens is 376 g/mol. The Labute approximate surface area is 166 Å². The first-order valence-electron chi connectivity index (χ1n) is 8.37. The van der Waals surface area contributed by atoms with Crippen LogP contribution < -0.4 is 5.32 Å². The minimum atomic E-state index is -1.16. The lowest BCUT2D eigenvalue weighted by molar-refractivity contribution is -0.154. The summed E-state index contributed by atoms with van der Waals surface area (Å²) in [6.45, 7) is 6.82. The third-order valence-electron chi connectivity index (χ3n) is 3.62. The first kappa shape index (κ1) is 27.7. The van der Waals surface area contributed by atoms with Crippen molar-refractivity contribution >= 4 is 30.0 Å². The van der Waals surface area contributed by atoms with E-state index in [1.54, 1.807) is 20.8 Å². The van der Waals surface area contributed by atoms with E-state index >= 15 is 0 Å². The van der Waals surface area contributed by atoms with Crippen LogP contribution in [0.4, 0.5) is 4.79 Å². The Morgan fingerprint density at radius 1 is 1.22 bits per heavy atom. The van der Waals surface area contributed by atoms with E-state index < -0.39 is 36.2 Å². The van der Waals surface area contributed by atoms with Gasteiger partial charge in [-0.2, -0.15) is 0 Å². The van der Waals surface area contributed by atoms with Crippen molar-refractivity contribution in [3.05, 3.63) is 0 Å². The highest BCUT2D eigenvalue weighted by atomic mass is 32.2. The van der Waals surface area contributed by atoms with Crippen LogP contribution in [0.1, 0.15) is 41.5 Å². The molecule has 3 unspecified atom stereocenters. The second-order valence-corrected chi connectivity index (χ2v) is 6.92. The lowest BCUT2D eigenvalue weighted by atomic mass is 10.0. The van der Waals surface area contributed by atoms with Crippen molar-refractivity contribution in [2.24, 2.45) is 5.92 Å². The molecule has 3 atom stereocenters. The number of ether oxygens (including phenoxy) is 2. The monoisotopic (exact) mass is 410 g/mol. The number of aliphatic hydroxyl groups is 1. The number of carbonyl (C=O) groups excluding carboxylic acids is 3. The third kappa shape index (κ3) is 9.83. The van der Waals surface area contributed by atoms with Gasteiger partial charge in [0.25, 0.3) is 5.91 Å². The molecule has 9 nitrogen and oxygen atoms in total. The van der Waals surface area contributed by atoms with E-state index in [4.69, 9.17) is 8.92 Å². The van der Waals surface area contributed by atoms with Crippen LogP contribution in [0.25, 0.3) is 0 Å². The molecule has 0 aliphatic heterocycles. The van der Waals surface area contributed by atoms with Crippen LogP contribution in [0.15, 0.2) is 0 Å². The Bertz CT molecular complexity index is 463. The van der Waals surface area contributed by atoms with Crippen molar-refractivity contribution in [2.45, 2.75) is 59.8 Å². The number of rotatable bonds is 11. The Morgan fingerprint density at radius 3 is 2.26 bits per heavy atom. The normalized spacial score (nSPS) is 13.8. The largest absolute Gasteiger partial charge is 0.469 e. The molecule has 0 saturated carbocycles. The molecule has 160 valence electrons. The molecule has 27 heavy (non-hydrogen) atoms. The molecule has 0 spiro atoms. The molecule has 0 bridgehead atoms. The van der Waals surface area contributed by atoms with E-state index in [-0.39, 0.29) is 26.5 Å². The predicted molar refractivity (Wildman–Crippen MR) is 104 cm³/mol. The van der Waals surface area contributed by atoms with Crippen LogP contribution >= 0.6 is 12.0 Å². The van der Waals surface area contributed by atoms with Crippen LogP contribution in [0.2, 0.25) is 0 Å². The molecule has 0 radical (unpaired) electrons. The summed E-state index contributed by atoms with van der Waals surface area (Å²) in [6.07, 6.45) is -3.22. The van der Waals surface area contributed by atoms with E-state index in [0.717, 1.165) is 12.0 Å². The Balaban J connectivity index is 0. The van der Waals surface area contributed by atoms with Crippen molar-refractivity contribution < 1.29 is 33.1 Å². The van der Waals surface area contributed by atoms with Crippen molar-refractivity contribution in [2.75, 3.05) is 26.6 Å². The van der Waals surface area contributed by atoms with Gasteiger partial charge in [-0.05, 0) is 24.9 Å². The van der Waals surface area contributed by atoms with Gasteiger partial charge >= 0.3 is 12.1 Å². The van der Waals surface area contributed by atoms with E-state index in [1.807, 2.05) is 6.92 Å². The van der Waals surface area contributed by atoms with Crippen LogP contribution in [0.5, 0.6) is 0 Å². The predicted octanol–water partition coefficient (Wildman–Crippen LogP) is 1.79. The number of alkyl carbamates (subject to hydrolysis) is 1. The molecule has 0 fully saturated rings. The van der Waals surface area contributed by atoms with E-state index in [2.05, 4.69) is 10.1 Å². The fourth-order valence-electron chi connectivity index (χ4n) is 2.00. The zero-order chi connectivity index (χ0) is 20.3. The van der Waals surface area contributed by atoms with Crippen molar-refractivity contribution in [3.63, 3.8) is 0 Å². The Kier molecular flexibility index (Phi) is 14.9. The lowest BCUT2D eigenvalue weighted by Gasteiger charge is -2.34. The topological polar surface area (TPSA) is 114 Å². The van der Waals surface area contributed by atoms with Crippen LogP contribution in [-0.4, -0.2) is 72.9 Å². The smallest absolute Gasteiger partial charge is 0.407 e. The maximum Gasteiger partial charge on any atom is 0.407 e. The van der Waals surface area contributed by atoms with Crippen molar-refractivity contribution in [1.29, 1.82) is 0 Å². The summed E-state index contributed by atoms with van der Waals surface area (Å²) in [5.41, 5.74) is 0. The summed E-state index contributed by atoms with van der Waals surface area (Å²) in [7, 11) is 2.61. The number of carbonyl (C=O) groups is 3. The maximum atomic E-state index is 12.9. The zero-order valence-corrected chi connectivity index (χ0v) is 17.0. The standard InChI is InChI=1S/C16H30N2O7S.CH4/c1-7-26-24-9-18(11(4)12(19)8-13(20)23-6)15(21)14(10(2)3)25-16(22)17-5;/h10-12,14,19H,7-9H2,1-6H3,(H,17,22);1H4. The fourth-order valence-corrected chi connectivity index (χ4v) is 2.36. The lowest BCUT2D eigenvalue weighted by Crippen LogP contribution is -2.52. The number of amides is 2. The highest BCUT2D eigenvalue weighted by Gasteiger charge is 2.35. The molecule has 0 aliphatic rings. The van der Waals surface area contributed by atoms with Crippen molar-refractivity contribution in [3.8, 4) is 0 Å². The van der Waals surface area contributed by atoms with Gasteiger partial charge in [0, 0.05) is 12.8 Å². The second kappa shape index (κ2) is 14.5. The average Bonchev–Trinajstić information content (AvgIpc) is 2.61. The second-order valence-electron chi connectivity index (χ2n) is 5.87. The summed E-state index contributed by atoms with van der Waals surface area (Å²) in [6, 6.07) is -0.756. The molecule has 0 aromatic carbocycles. The van der Waals surface area contributed by atoms with Gasteiger partial charge in [0.05, 0.1) is 25.7 Å². The Morgan fingerprint density at radius 2 is 1.81 bits per heavy atom. The van der Waals surface area contributed by atoms with E-state index in [9.17, 15) is 19.5 Å². The zero-order valence-electron chi connectivity index (χ0n) is 16.2. The van der Waals surface area contributed by atoms with Crippen LogP contribution in [0.3, 0.4) is 0 Å². The van der Waals surface area contributed by atoms with Gasteiger partial charge in [0.15, 0.2) is 6.10 Å². The highest BCUT2D eigenvalue weighted by Crippen LogP contribution is 2.18. The SMILES string of the molecule is C.CCSOCN(C(=O)C(OC(=O)NC)C(C)C)C(C)C(O)CC(=O)OC. The minimum absolute atomic E-state index is 0. The molecule has 2 N–H and O–H groups in total. The van der Waals surface area contributed by atoms with Gasteiger partial charge < -0.3 is 24.8 Å². The molecule has 0 heterocycles. The maximum absolute atomic E-state index is 12.9. The number of methoxy groups -OCH3 is 1. The fraction of sp³-hybridized carbons (Fsp3) is 0.824. The number of hydrogen-bond acceptors (Lipinski definition) is 8. The first-order valence-corrected chi connectivity index (χ1v) is 9.28. The first-order chi connectivity index (χ1) is 12.2. The van der Waals surface area contributed by atoms with Crippen molar-refractivity contribution in [1.82, 2.24) is 10.2 Å². The van der Waals surface area contributed by atoms with E-state index in [1.165, 1.54) is 19.1 Å².